The van der Waals surface area contributed by atoms with Crippen LogP contribution in [0, 0.1) is 5.92 Å². The van der Waals surface area contributed by atoms with Crippen LogP contribution in [-0.2, 0) is 6.54 Å². The van der Waals surface area contributed by atoms with Crippen molar-refractivity contribution in [2.75, 3.05) is 6.61 Å². The van der Waals surface area contributed by atoms with Gasteiger partial charge in [-0.15, -0.1) is 0 Å². The van der Waals surface area contributed by atoms with Crippen molar-refractivity contribution in [3.8, 4) is 0 Å². The molecule has 0 bridgehead atoms. The van der Waals surface area contributed by atoms with Gasteiger partial charge in [-0.25, -0.2) is 0 Å². The molecule has 2 rings (SSSR count). The lowest BCUT2D eigenvalue weighted by Gasteiger charge is -2.28. The highest BCUT2D eigenvalue weighted by Crippen LogP contribution is 2.24. The molecule has 0 spiro atoms. The lowest BCUT2D eigenvalue weighted by Crippen LogP contribution is -2.34. The molecule has 1 aromatic carbocycles. The van der Waals surface area contributed by atoms with Crippen LogP contribution in [0.4, 0.5) is 0 Å². The fraction of sp³-hybridized carbons (Fsp3) is 0.571. The van der Waals surface area contributed by atoms with Gasteiger partial charge in [0.05, 0.1) is 0 Å². The second-order valence-electron chi connectivity index (χ2n) is 4.88. The van der Waals surface area contributed by atoms with Crippen molar-refractivity contribution in [3.63, 3.8) is 0 Å². The van der Waals surface area contributed by atoms with Gasteiger partial charge in [0.15, 0.2) is 0 Å². The van der Waals surface area contributed by atoms with E-state index in [1.54, 1.807) is 0 Å². The maximum atomic E-state index is 9.20. The number of aliphatic hydroxyl groups excluding tert-OH is 1. The molecule has 0 saturated heterocycles. The number of hydrogen-bond donors (Lipinski definition) is 2. The summed E-state index contributed by atoms with van der Waals surface area (Å²) in [4.78, 5) is 0. The second kappa shape index (κ2) is 6.53. The van der Waals surface area contributed by atoms with E-state index in [2.05, 4.69) is 39.4 Å². The molecule has 0 amide bonds. The van der Waals surface area contributed by atoms with Crippen LogP contribution in [0.5, 0.6) is 0 Å². The van der Waals surface area contributed by atoms with E-state index in [9.17, 15) is 5.11 Å². The van der Waals surface area contributed by atoms with Crippen molar-refractivity contribution >= 4 is 15.9 Å². The first-order valence-electron chi connectivity index (χ1n) is 6.37. The summed E-state index contributed by atoms with van der Waals surface area (Å²) in [7, 11) is 0. The molecule has 2 nitrogen and oxygen atoms in total. The Labute approximate surface area is 112 Å². The van der Waals surface area contributed by atoms with Crippen molar-refractivity contribution in [2.24, 2.45) is 5.92 Å². The standard InChI is InChI=1S/C14H20BrNO/c15-14-7-2-1-5-12(14)9-16-13-6-3-4-11(8-13)10-17/h1-2,5,7,11,13,16-17H,3-4,6,8-10H2. The van der Waals surface area contributed by atoms with Gasteiger partial charge in [0.1, 0.15) is 0 Å². The predicted octanol–water partition coefficient (Wildman–Crippen LogP) is 3.09. The normalized spacial score (nSPS) is 24.8. The Morgan fingerprint density at radius 1 is 1.29 bits per heavy atom. The highest BCUT2D eigenvalue weighted by Gasteiger charge is 2.20. The molecule has 2 atom stereocenters. The van der Waals surface area contributed by atoms with E-state index in [4.69, 9.17) is 0 Å². The van der Waals surface area contributed by atoms with Crippen LogP contribution >= 0.6 is 15.9 Å². The lowest BCUT2D eigenvalue weighted by atomic mass is 9.86. The number of rotatable bonds is 4. The van der Waals surface area contributed by atoms with Crippen LogP contribution in [0.3, 0.4) is 0 Å². The van der Waals surface area contributed by atoms with E-state index in [0.717, 1.165) is 13.0 Å². The highest BCUT2D eigenvalue weighted by molar-refractivity contribution is 9.10. The first kappa shape index (κ1) is 13.1. The lowest BCUT2D eigenvalue weighted by molar-refractivity contribution is 0.170. The molecule has 0 aromatic heterocycles. The zero-order valence-corrected chi connectivity index (χ0v) is 11.6. The molecule has 0 heterocycles. The summed E-state index contributed by atoms with van der Waals surface area (Å²) >= 11 is 3.57. The van der Waals surface area contributed by atoms with Crippen LogP contribution < -0.4 is 5.32 Å². The summed E-state index contributed by atoms with van der Waals surface area (Å²) in [6.07, 6.45) is 4.77. The van der Waals surface area contributed by atoms with E-state index in [-0.39, 0.29) is 0 Å². The molecule has 0 radical (unpaired) electrons. The number of nitrogens with one attached hydrogen (secondary N) is 1. The monoisotopic (exact) mass is 297 g/mol. The van der Waals surface area contributed by atoms with Gasteiger partial charge in [0, 0.05) is 23.7 Å². The van der Waals surface area contributed by atoms with Crippen LogP contribution in [0.2, 0.25) is 0 Å². The minimum absolute atomic E-state index is 0.340. The number of hydrogen-bond acceptors (Lipinski definition) is 2. The zero-order valence-electron chi connectivity index (χ0n) is 10.0. The topological polar surface area (TPSA) is 32.3 Å². The molecule has 1 aliphatic rings. The third kappa shape index (κ3) is 3.80. The molecular weight excluding hydrogens is 278 g/mol. The molecule has 1 saturated carbocycles. The Bertz CT molecular complexity index is 356. The molecule has 1 aromatic rings. The van der Waals surface area contributed by atoms with Crippen molar-refractivity contribution < 1.29 is 5.11 Å². The third-order valence-corrected chi connectivity index (χ3v) is 4.35. The molecule has 3 heteroatoms. The fourth-order valence-corrected chi connectivity index (χ4v) is 2.96. The quantitative estimate of drug-likeness (QED) is 0.895. The first-order chi connectivity index (χ1) is 8.29. The SMILES string of the molecule is OCC1CCCC(NCc2ccccc2Br)C1. The third-order valence-electron chi connectivity index (χ3n) is 3.58. The summed E-state index contributed by atoms with van der Waals surface area (Å²) in [5.41, 5.74) is 1.30. The van der Waals surface area contributed by atoms with Crippen LogP contribution in [0.15, 0.2) is 28.7 Å². The Balaban J connectivity index is 1.84. The van der Waals surface area contributed by atoms with Gasteiger partial charge in [-0.2, -0.15) is 0 Å². The Morgan fingerprint density at radius 2 is 2.12 bits per heavy atom. The fourth-order valence-electron chi connectivity index (χ4n) is 2.54. The minimum Gasteiger partial charge on any atom is -0.396 e. The highest BCUT2D eigenvalue weighted by atomic mass is 79.9. The van der Waals surface area contributed by atoms with Crippen molar-refractivity contribution in [3.05, 3.63) is 34.3 Å². The largest absolute Gasteiger partial charge is 0.396 e. The Morgan fingerprint density at radius 3 is 2.88 bits per heavy atom. The maximum Gasteiger partial charge on any atom is 0.0459 e. The minimum atomic E-state index is 0.340. The van der Waals surface area contributed by atoms with E-state index in [1.165, 1.54) is 29.3 Å². The first-order valence-corrected chi connectivity index (χ1v) is 7.16. The van der Waals surface area contributed by atoms with Gasteiger partial charge in [-0.05, 0) is 36.8 Å². The van der Waals surface area contributed by atoms with Gasteiger partial charge in [0.2, 0.25) is 0 Å². The van der Waals surface area contributed by atoms with Crippen LogP contribution in [0.1, 0.15) is 31.2 Å². The van der Waals surface area contributed by atoms with Gasteiger partial charge < -0.3 is 10.4 Å². The molecular formula is C14H20BrNO. The summed E-state index contributed by atoms with van der Waals surface area (Å²) in [5.74, 6) is 0.500. The van der Waals surface area contributed by atoms with E-state index in [0.29, 0.717) is 18.6 Å². The average Bonchev–Trinajstić information content (AvgIpc) is 2.38. The van der Waals surface area contributed by atoms with Crippen molar-refractivity contribution in [2.45, 2.75) is 38.3 Å². The van der Waals surface area contributed by atoms with Crippen molar-refractivity contribution in [1.82, 2.24) is 5.32 Å². The number of halogens is 1. The van der Waals surface area contributed by atoms with Gasteiger partial charge >= 0.3 is 0 Å². The Kier molecular flexibility index (Phi) is 5.01. The van der Waals surface area contributed by atoms with Crippen LogP contribution in [0.25, 0.3) is 0 Å². The van der Waals surface area contributed by atoms with Crippen LogP contribution in [-0.4, -0.2) is 17.8 Å². The second-order valence-corrected chi connectivity index (χ2v) is 5.74. The zero-order chi connectivity index (χ0) is 12.1. The molecule has 94 valence electrons. The molecule has 1 fully saturated rings. The van der Waals surface area contributed by atoms with Crippen molar-refractivity contribution in [1.29, 1.82) is 0 Å². The van der Waals surface area contributed by atoms with Gasteiger partial charge in [-0.3, -0.25) is 0 Å². The maximum absolute atomic E-state index is 9.20. The van der Waals surface area contributed by atoms with Gasteiger partial charge in [0.25, 0.3) is 0 Å². The summed E-state index contributed by atoms with van der Waals surface area (Å²) in [6, 6.07) is 8.89. The summed E-state index contributed by atoms with van der Waals surface area (Å²) in [6.45, 7) is 1.25. The molecule has 0 aliphatic heterocycles. The van der Waals surface area contributed by atoms with E-state index in [1.807, 2.05) is 6.07 Å². The number of benzene rings is 1. The molecule has 17 heavy (non-hydrogen) atoms. The Hall–Kier alpha value is -0.380. The average molecular weight is 298 g/mol. The van der Waals surface area contributed by atoms with Gasteiger partial charge in [-0.1, -0.05) is 40.5 Å². The summed E-state index contributed by atoms with van der Waals surface area (Å²) in [5, 5.41) is 12.8. The predicted molar refractivity (Wildman–Crippen MR) is 73.8 cm³/mol. The molecule has 1 aliphatic carbocycles. The van der Waals surface area contributed by atoms with E-state index < -0.39 is 0 Å². The molecule has 2 unspecified atom stereocenters. The number of aliphatic hydroxyl groups is 1. The molecule has 2 N–H and O–H groups in total. The summed E-state index contributed by atoms with van der Waals surface area (Å²) < 4.78 is 1.17. The smallest absolute Gasteiger partial charge is 0.0459 e. The van der Waals surface area contributed by atoms with E-state index >= 15 is 0 Å².